The molecule has 11 aromatic rings. The van der Waals surface area contributed by atoms with Crippen LogP contribution in [0.4, 0.5) is 34.1 Å². The van der Waals surface area contributed by atoms with E-state index in [4.69, 9.17) is 0 Å². The third kappa shape index (κ3) is 5.29. The van der Waals surface area contributed by atoms with Gasteiger partial charge in [-0.05, 0) is 131 Å². The molecule has 320 valence electrons. The Morgan fingerprint density at radius 1 is 0.353 bits per heavy atom. The molecular weight excluding hydrogens is 821 g/mol. The number of para-hydroxylation sites is 2. The maximum absolute atomic E-state index is 2.59. The third-order valence-corrected chi connectivity index (χ3v) is 15.4. The molecule has 0 amide bonds. The summed E-state index contributed by atoms with van der Waals surface area (Å²) in [6.45, 7) is 4.81. The van der Waals surface area contributed by atoms with Crippen LogP contribution in [0.5, 0.6) is 0 Å². The van der Waals surface area contributed by atoms with Crippen LogP contribution in [0.25, 0.3) is 54.9 Å². The van der Waals surface area contributed by atoms with Crippen molar-refractivity contribution in [3.63, 3.8) is 0 Å². The van der Waals surface area contributed by atoms with E-state index in [0.29, 0.717) is 0 Å². The molecule has 0 atom stereocenters. The predicted octanol–water partition coefficient (Wildman–Crippen LogP) is 17.6. The van der Waals surface area contributed by atoms with Gasteiger partial charge in [-0.15, -0.1) is 0 Å². The molecule has 3 aliphatic rings. The van der Waals surface area contributed by atoms with Gasteiger partial charge in [0.2, 0.25) is 0 Å². The molecule has 68 heavy (non-hydrogen) atoms. The Hall–Kier alpha value is -8.46. The summed E-state index contributed by atoms with van der Waals surface area (Å²) in [5.74, 6) is 0. The van der Waals surface area contributed by atoms with Crippen molar-refractivity contribution in [2.24, 2.45) is 0 Å². The first-order chi connectivity index (χ1) is 33.5. The number of benzene rings is 11. The van der Waals surface area contributed by atoms with Gasteiger partial charge in [-0.2, -0.15) is 0 Å². The van der Waals surface area contributed by atoms with Gasteiger partial charge in [-0.3, -0.25) is 0 Å². The normalized spacial score (nSPS) is 14.2. The summed E-state index contributed by atoms with van der Waals surface area (Å²) in [7, 11) is 0. The molecule has 2 heteroatoms. The Morgan fingerprint density at radius 2 is 0.897 bits per heavy atom. The lowest BCUT2D eigenvalue weighted by molar-refractivity contribution is 0.634. The number of hydrogen-bond donors (Lipinski definition) is 0. The van der Waals surface area contributed by atoms with E-state index in [2.05, 4.69) is 266 Å². The largest absolute Gasteiger partial charge is 0.308 e. The highest BCUT2D eigenvalue weighted by atomic mass is 15.2. The molecular formula is C66H46N2. The average molecular weight is 867 g/mol. The minimum atomic E-state index is -0.473. The zero-order chi connectivity index (χ0) is 45.1. The summed E-state index contributed by atoms with van der Waals surface area (Å²) < 4.78 is 0. The van der Waals surface area contributed by atoms with Gasteiger partial charge in [-0.1, -0.05) is 208 Å². The molecule has 0 radical (unpaired) electrons. The maximum atomic E-state index is 2.59. The fourth-order valence-electron chi connectivity index (χ4n) is 12.6. The van der Waals surface area contributed by atoms with Crippen LogP contribution in [0.2, 0.25) is 0 Å². The van der Waals surface area contributed by atoms with Crippen molar-refractivity contribution >= 4 is 55.7 Å². The van der Waals surface area contributed by atoms with E-state index in [9.17, 15) is 0 Å². The van der Waals surface area contributed by atoms with E-state index in [1.807, 2.05) is 0 Å². The summed E-state index contributed by atoms with van der Waals surface area (Å²) in [5, 5.41) is 4.87. The Morgan fingerprint density at radius 3 is 1.62 bits per heavy atom. The molecule has 1 aliphatic heterocycles. The fourth-order valence-corrected chi connectivity index (χ4v) is 12.6. The summed E-state index contributed by atoms with van der Waals surface area (Å²) in [6.07, 6.45) is 0. The lowest BCUT2D eigenvalue weighted by Crippen LogP contribution is -2.32. The Kier molecular flexibility index (Phi) is 8.28. The lowest BCUT2D eigenvalue weighted by atomic mass is 9.70. The SMILES string of the molecule is CC1(C)c2ccccc2N(c2c(N(c3ccccc3)c3ccc4c(c3)C3(c5ccccc5-c5ccccc53)c3ccccc3-4)ccc3ccccc23)c2cccc(-c3ccc4ccccc4c3)c21. The minimum Gasteiger partial charge on any atom is -0.308 e. The van der Waals surface area contributed by atoms with Crippen LogP contribution in [0.3, 0.4) is 0 Å². The van der Waals surface area contributed by atoms with Crippen LogP contribution in [-0.2, 0) is 10.8 Å². The monoisotopic (exact) mass is 866 g/mol. The molecule has 0 aromatic heterocycles. The van der Waals surface area contributed by atoms with Crippen molar-refractivity contribution in [2.45, 2.75) is 24.7 Å². The summed E-state index contributed by atoms with van der Waals surface area (Å²) in [5.41, 5.74) is 21.6. The summed E-state index contributed by atoms with van der Waals surface area (Å²) >= 11 is 0. The number of hydrogen-bond acceptors (Lipinski definition) is 2. The highest BCUT2D eigenvalue weighted by Gasteiger charge is 2.52. The molecule has 0 saturated carbocycles. The molecule has 2 nitrogen and oxygen atoms in total. The number of nitrogens with zero attached hydrogens (tertiary/aromatic N) is 2. The Labute approximate surface area is 397 Å². The van der Waals surface area contributed by atoms with Crippen molar-refractivity contribution in [3.8, 4) is 33.4 Å². The van der Waals surface area contributed by atoms with Gasteiger partial charge in [0.25, 0.3) is 0 Å². The maximum Gasteiger partial charge on any atom is 0.0781 e. The fraction of sp³-hybridized carbons (Fsp3) is 0.0606. The van der Waals surface area contributed by atoms with Gasteiger partial charge in [0.15, 0.2) is 0 Å². The topological polar surface area (TPSA) is 6.48 Å². The van der Waals surface area contributed by atoms with E-state index in [1.165, 1.54) is 99.7 Å². The highest BCUT2D eigenvalue weighted by molar-refractivity contribution is 6.09. The highest BCUT2D eigenvalue weighted by Crippen LogP contribution is 2.64. The van der Waals surface area contributed by atoms with Crippen molar-refractivity contribution in [2.75, 3.05) is 9.80 Å². The van der Waals surface area contributed by atoms with Crippen LogP contribution in [0.1, 0.15) is 47.2 Å². The average Bonchev–Trinajstić information content (AvgIpc) is 3.86. The molecule has 1 heterocycles. The van der Waals surface area contributed by atoms with Gasteiger partial charge in [0.05, 0.1) is 28.2 Å². The van der Waals surface area contributed by atoms with Crippen LogP contribution >= 0.6 is 0 Å². The van der Waals surface area contributed by atoms with Crippen LogP contribution in [-0.4, -0.2) is 0 Å². The minimum absolute atomic E-state index is 0.314. The number of anilines is 6. The van der Waals surface area contributed by atoms with E-state index in [0.717, 1.165) is 22.7 Å². The van der Waals surface area contributed by atoms with Crippen molar-refractivity contribution < 1.29 is 0 Å². The second-order valence-electron chi connectivity index (χ2n) is 19.2. The second kappa shape index (κ2) is 14.5. The molecule has 0 N–H and O–H groups in total. The number of fused-ring (bicyclic) bond motifs is 14. The molecule has 11 aromatic carbocycles. The first kappa shape index (κ1) is 38.8. The smallest absolute Gasteiger partial charge is 0.0781 e. The van der Waals surface area contributed by atoms with Crippen LogP contribution in [0.15, 0.2) is 243 Å². The van der Waals surface area contributed by atoms with Crippen molar-refractivity contribution in [1.82, 2.24) is 0 Å². The van der Waals surface area contributed by atoms with Gasteiger partial charge in [0.1, 0.15) is 0 Å². The Bertz CT molecular complexity index is 3800. The van der Waals surface area contributed by atoms with Gasteiger partial charge < -0.3 is 9.80 Å². The van der Waals surface area contributed by atoms with E-state index >= 15 is 0 Å². The van der Waals surface area contributed by atoms with Crippen molar-refractivity contribution in [3.05, 3.63) is 276 Å². The van der Waals surface area contributed by atoms with Gasteiger partial charge in [0, 0.05) is 22.2 Å². The second-order valence-corrected chi connectivity index (χ2v) is 19.2. The summed E-state index contributed by atoms with van der Waals surface area (Å²) in [4.78, 5) is 5.10. The van der Waals surface area contributed by atoms with Crippen LogP contribution < -0.4 is 9.80 Å². The summed E-state index contributed by atoms with van der Waals surface area (Å²) in [6, 6.07) is 90.7. The first-order valence-corrected chi connectivity index (χ1v) is 23.8. The quantitative estimate of drug-likeness (QED) is 0.170. The zero-order valence-corrected chi connectivity index (χ0v) is 38.0. The number of rotatable bonds is 5. The standard InChI is InChI=1S/C66H46N2/c1-65(2)58-32-16-17-33-60(58)68(61-34-18-28-49(63(61)65)46-36-35-43-19-6-7-21-45(43)41-46)64-50-24-9-8-20-44(50)37-40-62(64)67(47-22-4-3-5-23-47)48-38-39-54-53-27-12-15-31-57(53)66(59(54)42-48)55-29-13-10-25-51(55)52-26-11-14-30-56(52)66/h3-42H,1-2H3. The molecule has 14 rings (SSSR count). The zero-order valence-electron chi connectivity index (χ0n) is 38.0. The molecule has 1 spiro atoms. The molecule has 0 bridgehead atoms. The lowest BCUT2D eigenvalue weighted by Gasteiger charge is -2.44. The van der Waals surface area contributed by atoms with Gasteiger partial charge in [-0.25, -0.2) is 0 Å². The van der Waals surface area contributed by atoms with E-state index in [-0.39, 0.29) is 5.41 Å². The van der Waals surface area contributed by atoms with E-state index < -0.39 is 5.41 Å². The predicted molar refractivity (Wildman–Crippen MR) is 285 cm³/mol. The first-order valence-electron chi connectivity index (χ1n) is 23.8. The third-order valence-electron chi connectivity index (χ3n) is 15.4. The van der Waals surface area contributed by atoms with Crippen molar-refractivity contribution in [1.29, 1.82) is 0 Å². The molecule has 2 aliphatic carbocycles. The van der Waals surface area contributed by atoms with Gasteiger partial charge >= 0.3 is 0 Å². The Balaban J connectivity index is 1.06. The molecule has 0 unspecified atom stereocenters. The molecule has 0 saturated heterocycles. The molecule has 0 fully saturated rings. The van der Waals surface area contributed by atoms with Crippen LogP contribution in [0, 0.1) is 0 Å². The van der Waals surface area contributed by atoms with E-state index in [1.54, 1.807) is 0 Å².